The number of pyridine rings is 2. The SMILES string of the molecule is CCC1(Cc2coc(=O)c3cccc[n+]23)c2cc(F)cc(F)c2-c2cccc[n+]2C1(C)CC. The van der Waals surface area contributed by atoms with Crippen molar-refractivity contribution >= 4 is 5.52 Å². The molecule has 0 saturated carbocycles. The van der Waals surface area contributed by atoms with Crippen LogP contribution in [0.15, 0.2) is 76.4 Å². The number of fused-ring (bicyclic) bond motifs is 4. The van der Waals surface area contributed by atoms with Gasteiger partial charge in [0.2, 0.25) is 11.4 Å². The molecule has 4 nitrogen and oxygen atoms in total. The van der Waals surface area contributed by atoms with Gasteiger partial charge in [-0.05, 0) is 30.2 Å². The van der Waals surface area contributed by atoms with Crippen LogP contribution in [0.4, 0.5) is 8.78 Å². The topological polar surface area (TPSA) is 38.2 Å². The third kappa shape index (κ3) is 2.89. The van der Waals surface area contributed by atoms with Gasteiger partial charge in [-0.25, -0.2) is 13.6 Å². The average Bonchev–Trinajstić information content (AvgIpc) is 2.83. The molecular weight excluding hydrogens is 422 g/mol. The van der Waals surface area contributed by atoms with Crippen molar-refractivity contribution in [2.75, 3.05) is 0 Å². The zero-order chi connectivity index (χ0) is 23.4. The van der Waals surface area contributed by atoms with E-state index in [1.54, 1.807) is 12.1 Å². The van der Waals surface area contributed by atoms with Gasteiger partial charge in [0.05, 0.1) is 17.4 Å². The van der Waals surface area contributed by atoms with E-state index in [1.165, 1.54) is 12.3 Å². The predicted molar refractivity (Wildman–Crippen MR) is 120 cm³/mol. The third-order valence-electron chi connectivity index (χ3n) is 7.70. The number of benzene rings is 1. The van der Waals surface area contributed by atoms with Crippen molar-refractivity contribution < 1.29 is 22.2 Å². The second-order valence-corrected chi connectivity index (χ2v) is 8.98. The summed E-state index contributed by atoms with van der Waals surface area (Å²) in [5.74, 6) is -1.16. The second-order valence-electron chi connectivity index (χ2n) is 8.98. The molecule has 0 spiro atoms. The molecule has 1 aromatic carbocycles. The Kier molecular flexibility index (Phi) is 4.92. The summed E-state index contributed by atoms with van der Waals surface area (Å²) >= 11 is 0. The second kappa shape index (κ2) is 7.58. The van der Waals surface area contributed by atoms with Crippen LogP contribution in [-0.2, 0) is 17.4 Å². The number of nitrogens with zero attached hydrogens (tertiary/aromatic N) is 2. The monoisotopic (exact) mass is 448 g/mol. The van der Waals surface area contributed by atoms with E-state index in [0.29, 0.717) is 29.5 Å². The van der Waals surface area contributed by atoms with Gasteiger partial charge in [-0.15, -0.1) is 0 Å². The smallest absolute Gasteiger partial charge is 0.409 e. The largest absolute Gasteiger partial charge is 0.420 e. The van der Waals surface area contributed by atoms with Gasteiger partial charge < -0.3 is 4.42 Å². The molecule has 5 rings (SSSR count). The number of halogens is 2. The Labute approximate surface area is 190 Å². The summed E-state index contributed by atoms with van der Waals surface area (Å²) in [6.45, 7) is 6.31. The zero-order valence-corrected chi connectivity index (χ0v) is 18.9. The lowest BCUT2D eigenvalue weighted by atomic mass is 9.57. The van der Waals surface area contributed by atoms with Crippen molar-refractivity contribution in [3.8, 4) is 11.3 Å². The summed E-state index contributed by atoms with van der Waals surface area (Å²) < 4.78 is 39.4. The summed E-state index contributed by atoms with van der Waals surface area (Å²) in [4.78, 5) is 12.3. The molecule has 0 saturated heterocycles. The molecule has 168 valence electrons. The Morgan fingerprint density at radius 2 is 1.76 bits per heavy atom. The van der Waals surface area contributed by atoms with Crippen LogP contribution in [0.5, 0.6) is 0 Å². The van der Waals surface area contributed by atoms with E-state index in [0.717, 1.165) is 23.9 Å². The fraction of sp³-hybridized carbons (Fsp3) is 0.296. The van der Waals surface area contributed by atoms with E-state index in [4.69, 9.17) is 4.42 Å². The van der Waals surface area contributed by atoms with Gasteiger partial charge >= 0.3 is 5.63 Å². The van der Waals surface area contributed by atoms with Crippen LogP contribution < -0.4 is 14.6 Å². The molecule has 4 heterocycles. The number of hydrogen-bond acceptors (Lipinski definition) is 2. The normalized spacial score (nSPS) is 21.6. The molecule has 2 atom stereocenters. The zero-order valence-electron chi connectivity index (χ0n) is 18.9. The standard InChI is InChI=1S/C27H26F2N2O2/c1-4-26(3)27(5-2,16-19-17-33-25(32)23-11-6-8-12-30(19)23)20-14-18(28)15-21(29)24(20)22-10-7-9-13-31(22)26/h6-15,17H,4-5,16H2,1-3H3/q+2. The maximum absolute atomic E-state index is 15.4. The Hall–Kier alpha value is -3.41. The fourth-order valence-corrected chi connectivity index (χ4v) is 5.83. The molecule has 33 heavy (non-hydrogen) atoms. The van der Waals surface area contributed by atoms with Gasteiger partial charge in [0.15, 0.2) is 24.2 Å². The van der Waals surface area contributed by atoms with Crippen molar-refractivity contribution in [3.63, 3.8) is 0 Å². The van der Waals surface area contributed by atoms with Crippen LogP contribution in [0.3, 0.4) is 0 Å². The summed E-state index contributed by atoms with van der Waals surface area (Å²) in [5.41, 5.74) is 1.40. The van der Waals surface area contributed by atoms with E-state index >= 15 is 4.39 Å². The van der Waals surface area contributed by atoms with Gasteiger partial charge in [-0.2, -0.15) is 8.97 Å². The maximum atomic E-state index is 15.4. The van der Waals surface area contributed by atoms with Crippen molar-refractivity contribution in [2.45, 2.75) is 51.0 Å². The fourth-order valence-electron chi connectivity index (χ4n) is 5.83. The first kappa shape index (κ1) is 21.4. The van der Waals surface area contributed by atoms with Crippen molar-refractivity contribution in [1.29, 1.82) is 0 Å². The maximum Gasteiger partial charge on any atom is 0.409 e. The molecule has 4 aromatic rings. The minimum Gasteiger partial charge on any atom is -0.420 e. The minimum absolute atomic E-state index is 0.425. The van der Waals surface area contributed by atoms with Crippen molar-refractivity contribution in [1.82, 2.24) is 0 Å². The molecule has 0 bridgehead atoms. The molecule has 0 fully saturated rings. The summed E-state index contributed by atoms with van der Waals surface area (Å²) in [5, 5.41) is 0. The van der Waals surface area contributed by atoms with Crippen LogP contribution in [0.25, 0.3) is 16.8 Å². The third-order valence-corrected chi connectivity index (χ3v) is 7.70. The molecule has 0 radical (unpaired) electrons. The number of aromatic nitrogens is 2. The van der Waals surface area contributed by atoms with Crippen LogP contribution in [-0.4, -0.2) is 0 Å². The lowest BCUT2D eigenvalue weighted by Crippen LogP contribution is -2.69. The number of rotatable bonds is 4. The van der Waals surface area contributed by atoms with E-state index in [-0.39, 0.29) is 0 Å². The summed E-state index contributed by atoms with van der Waals surface area (Å²) in [7, 11) is 0. The Bertz CT molecular complexity index is 1450. The van der Waals surface area contributed by atoms with Gasteiger partial charge in [-0.1, -0.05) is 13.8 Å². The highest BCUT2D eigenvalue weighted by molar-refractivity contribution is 5.66. The highest BCUT2D eigenvalue weighted by Gasteiger charge is 2.60. The molecule has 0 amide bonds. The first-order valence-electron chi connectivity index (χ1n) is 11.3. The van der Waals surface area contributed by atoms with Gasteiger partial charge in [0, 0.05) is 43.7 Å². The molecule has 0 N–H and O–H groups in total. The predicted octanol–water partition coefficient (Wildman–Crippen LogP) is 4.64. The van der Waals surface area contributed by atoms with Crippen LogP contribution in [0, 0.1) is 11.6 Å². The summed E-state index contributed by atoms with van der Waals surface area (Å²) in [6, 6.07) is 13.5. The van der Waals surface area contributed by atoms with E-state index < -0.39 is 28.2 Å². The molecular formula is C27H26F2N2O2+2. The van der Waals surface area contributed by atoms with Crippen LogP contribution >= 0.6 is 0 Å². The lowest BCUT2D eigenvalue weighted by molar-refractivity contribution is -0.766. The molecule has 1 aliphatic heterocycles. The molecule has 3 aromatic heterocycles. The van der Waals surface area contributed by atoms with Crippen molar-refractivity contribution in [3.05, 3.63) is 100 Å². The first-order chi connectivity index (χ1) is 15.9. The quantitative estimate of drug-likeness (QED) is 0.427. The highest BCUT2D eigenvalue weighted by atomic mass is 19.1. The van der Waals surface area contributed by atoms with Crippen LogP contribution in [0.2, 0.25) is 0 Å². The number of hydrogen-bond donors (Lipinski definition) is 0. The average molecular weight is 449 g/mol. The summed E-state index contributed by atoms with van der Waals surface area (Å²) in [6.07, 6.45) is 7.07. The first-order valence-corrected chi connectivity index (χ1v) is 11.3. The minimum atomic E-state index is -0.672. The van der Waals surface area contributed by atoms with Crippen molar-refractivity contribution in [2.24, 2.45) is 0 Å². The van der Waals surface area contributed by atoms with E-state index in [2.05, 4.69) is 25.3 Å². The molecule has 1 aliphatic rings. The Morgan fingerprint density at radius 1 is 1.00 bits per heavy atom. The van der Waals surface area contributed by atoms with Gasteiger partial charge in [0.25, 0.3) is 5.52 Å². The highest BCUT2D eigenvalue weighted by Crippen LogP contribution is 2.52. The van der Waals surface area contributed by atoms with Crippen LogP contribution in [0.1, 0.15) is 44.9 Å². The molecule has 0 aliphatic carbocycles. The molecule has 2 unspecified atom stereocenters. The Morgan fingerprint density at radius 3 is 2.52 bits per heavy atom. The van der Waals surface area contributed by atoms with Gasteiger partial charge in [0.1, 0.15) is 11.6 Å². The Balaban J connectivity index is 1.87. The lowest BCUT2D eigenvalue weighted by Gasteiger charge is -2.47. The van der Waals surface area contributed by atoms with Gasteiger partial charge in [-0.3, -0.25) is 0 Å². The van der Waals surface area contributed by atoms with E-state index in [9.17, 15) is 9.18 Å². The molecule has 6 heteroatoms. The van der Waals surface area contributed by atoms with E-state index in [1.807, 2.05) is 41.1 Å².